The fourth-order valence-electron chi connectivity index (χ4n) is 3.59. The van der Waals surface area contributed by atoms with Crippen LogP contribution in [0.4, 0.5) is 4.79 Å². The summed E-state index contributed by atoms with van der Waals surface area (Å²) in [5, 5.41) is 3.07. The first-order chi connectivity index (χ1) is 12.1. The second-order valence-corrected chi connectivity index (χ2v) is 7.29. The number of hydrogen-bond acceptors (Lipinski definition) is 3. The fraction of sp³-hybridized carbons (Fsp3) is 0.550. The number of carbonyl (C=O) groups is 1. The molecule has 136 valence electrons. The summed E-state index contributed by atoms with van der Waals surface area (Å²) in [5.74, 6) is 2.12. The summed E-state index contributed by atoms with van der Waals surface area (Å²) in [7, 11) is 4.05. The van der Waals surface area contributed by atoms with Crippen molar-refractivity contribution in [1.82, 2.24) is 15.1 Å². The molecule has 1 aliphatic heterocycles. The molecule has 1 aromatic rings. The number of fused-ring (bicyclic) bond motifs is 1. The van der Waals surface area contributed by atoms with Gasteiger partial charge < -0.3 is 19.9 Å². The van der Waals surface area contributed by atoms with Gasteiger partial charge in [-0.15, -0.1) is 0 Å². The van der Waals surface area contributed by atoms with Crippen LogP contribution in [0.1, 0.15) is 18.4 Å². The predicted molar refractivity (Wildman–Crippen MR) is 99.7 cm³/mol. The molecule has 0 saturated carbocycles. The minimum atomic E-state index is 0.0393. The first-order valence-electron chi connectivity index (χ1n) is 9.16. The van der Waals surface area contributed by atoms with Crippen molar-refractivity contribution in [3.63, 3.8) is 0 Å². The molecule has 2 atom stereocenters. The van der Waals surface area contributed by atoms with Crippen LogP contribution in [0.3, 0.4) is 0 Å². The highest BCUT2D eigenvalue weighted by Gasteiger charge is 2.34. The molecule has 1 heterocycles. The summed E-state index contributed by atoms with van der Waals surface area (Å²) in [6.07, 6.45) is 6.72. The van der Waals surface area contributed by atoms with Gasteiger partial charge >= 0.3 is 6.03 Å². The van der Waals surface area contributed by atoms with Crippen molar-refractivity contribution in [2.75, 3.05) is 40.3 Å². The van der Waals surface area contributed by atoms with Crippen LogP contribution in [0.5, 0.6) is 5.75 Å². The van der Waals surface area contributed by atoms with Gasteiger partial charge in [-0.1, -0.05) is 30.4 Å². The number of carbonyl (C=O) groups excluding carboxylic acids is 1. The Morgan fingerprint density at radius 1 is 1.20 bits per heavy atom. The summed E-state index contributed by atoms with van der Waals surface area (Å²) in [5.41, 5.74) is 1.02. The van der Waals surface area contributed by atoms with Crippen molar-refractivity contribution in [2.45, 2.75) is 19.4 Å². The fourth-order valence-corrected chi connectivity index (χ4v) is 3.59. The van der Waals surface area contributed by atoms with Crippen molar-refractivity contribution in [3.05, 3.63) is 42.0 Å². The Labute approximate surface area is 150 Å². The zero-order chi connectivity index (χ0) is 17.6. The lowest BCUT2D eigenvalue weighted by Crippen LogP contribution is -2.38. The summed E-state index contributed by atoms with van der Waals surface area (Å²) >= 11 is 0. The molecule has 1 aliphatic carbocycles. The number of allylic oxidation sites excluding steroid dienone is 2. The van der Waals surface area contributed by atoms with Crippen LogP contribution in [0, 0.1) is 11.8 Å². The third-order valence-electron chi connectivity index (χ3n) is 5.11. The average molecular weight is 343 g/mol. The molecule has 5 nitrogen and oxygen atoms in total. The molecule has 0 radical (unpaired) electrons. The number of likely N-dealkylation sites (N-methyl/N-ethyl adjacent to an activating group) is 1. The number of ether oxygens (including phenoxy) is 1. The normalized spacial score (nSPS) is 22.1. The molecule has 5 heteroatoms. The van der Waals surface area contributed by atoms with E-state index >= 15 is 0 Å². The zero-order valence-corrected chi connectivity index (χ0v) is 15.3. The third-order valence-corrected chi connectivity index (χ3v) is 5.11. The summed E-state index contributed by atoms with van der Waals surface area (Å²) in [6, 6.07) is 7.97. The Kier molecular flexibility index (Phi) is 5.97. The molecule has 0 aromatic heterocycles. The van der Waals surface area contributed by atoms with E-state index in [-0.39, 0.29) is 6.03 Å². The second-order valence-electron chi connectivity index (χ2n) is 7.29. The number of likely N-dealkylation sites (tertiary alicyclic amines) is 1. The maximum Gasteiger partial charge on any atom is 0.317 e. The maximum absolute atomic E-state index is 12.5. The Morgan fingerprint density at radius 2 is 1.88 bits per heavy atom. The van der Waals surface area contributed by atoms with E-state index in [1.807, 2.05) is 43.3 Å². The number of para-hydroxylation sites is 1. The van der Waals surface area contributed by atoms with Crippen molar-refractivity contribution in [1.29, 1.82) is 0 Å². The predicted octanol–water partition coefficient (Wildman–Crippen LogP) is 2.73. The molecule has 1 N–H and O–H groups in total. The number of rotatable bonds is 6. The number of benzene rings is 1. The largest absolute Gasteiger partial charge is 0.492 e. The Balaban J connectivity index is 1.50. The molecule has 1 aromatic carbocycles. The zero-order valence-electron chi connectivity index (χ0n) is 15.3. The highest BCUT2D eigenvalue weighted by Crippen LogP contribution is 2.32. The van der Waals surface area contributed by atoms with Gasteiger partial charge in [0.25, 0.3) is 0 Å². The van der Waals surface area contributed by atoms with E-state index in [9.17, 15) is 4.79 Å². The molecule has 1 fully saturated rings. The van der Waals surface area contributed by atoms with Gasteiger partial charge in [-0.3, -0.25) is 0 Å². The highest BCUT2D eigenvalue weighted by atomic mass is 16.5. The van der Waals surface area contributed by atoms with Crippen LogP contribution in [-0.2, 0) is 6.54 Å². The first-order valence-corrected chi connectivity index (χ1v) is 9.16. The van der Waals surface area contributed by atoms with Gasteiger partial charge in [0.2, 0.25) is 0 Å². The van der Waals surface area contributed by atoms with E-state index in [4.69, 9.17) is 4.74 Å². The highest BCUT2D eigenvalue weighted by molar-refractivity contribution is 5.74. The second kappa shape index (κ2) is 8.39. The van der Waals surface area contributed by atoms with Crippen LogP contribution in [0.2, 0.25) is 0 Å². The van der Waals surface area contributed by atoms with Crippen LogP contribution < -0.4 is 10.1 Å². The molecular formula is C20H29N3O2. The van der Waals surface area contributed by atoms with Crippen molar-refractivity contribution >= 4 is 6.03 Å². The molecule has 0 unspecified atom stereocenters. The third kappa shape index (κ3) is 4.75. The average Bonchev–Trinajstić information content (AvgIpc) is 3.04. The molecule has 1 saturated heterocycles. The van der Waals surface area contributed by atoms with Crippen LogP contribution >= 0.6 is 0 Å². The number of amides is 2. The van der Waals surface area contributed by atoms with Crippen LogP contribution in [0.15, 0.2) is 36.4 Å². The molecule has 0 bridgehead atoms. The van der Waals surface area contributed by atoms with E-state index in [1.165, 1.54) is 0 Å². The van der Waals surface area contributed by atoms with Crippen LogP contribution in [0.25, 0.3) is 0 Å². The molecular weight excluding hydrogens is 314 g/mol. The summed E-state index contributed by atoms with van der Waals surface area (Å²) in [4.78, 5) is 16.6. The van der Waals surface area contributed by atoms with Gasteiger partial charge in [0, 0.05) is 31.7 Å². The summed E-state index contributed by atoms with van der Waals surface area (Å²) < 4.78 is 5.87. The van der Waals surface area contributed by atoms with Gasteiger partial charge in [0.15, 0.2) is 0 Å². The summed E-state index contributed by atoms with van der Waals surface area (Å²) in [6.45, 7) is 3.76. The van der Waals surface area contributed by atoms with Gasteiger partial charge in [-0.25, -0.2) is 4.79 Å². The lowest BCUT2D eigenvalue weighted by atomic mass is 9.86. The maximum atomic E-state index is 12.5. The number of nitrogens with zero attached hydrogens (tertiary/aromatic N) is 2. The first kappa shape index (κ1) is 17.8. The topological polar surface area (TPSA) is 44.8 Å². The Hall–Kier alpha value is -2.01. The van der Waals surface area contributed by atoms with Crippen molar-refractivity contribution < 1.29 is 9.53 Å². The van der Waals surface area contributed by atoms with E-state index in [2.05, 4.69) is 22.4 Å². The molecule has 3 rings (SSSR count). The Bertz CT molecular complexity index is 599. The molecule has 0 spiro atoms. The van der Waals surface area contributed by atoms with Crippen molar-refractivity contribution in [2.24, 2.45) is 11.8 Å². The quantitative estimate of drug-likeness (QED) is 0.808. The number of hydrogen-bond donors (Lipinski definition) is 1. The molecule has 2 amide bonds. The lowest BCUT2D eigenvalue weighted by molar-refractivity contribution is 0.205. The monoisotopic (exact) mass is 343 g/mol. The minimum absolute atomic E-state index is 0.0393. The smallest absolute Gasteiger partial charge is 0.317 e. The van der Waals surface area contributed by atoms with E-state index in [0.29, 0.717) is 25.0 Å². The molecule has 25 heavy (non-hydrogen) atoms. The van der Waals surface area contributed by atoms with Gasteiger partial charge in [0.1, 0.15) is 12.4 Å². The molecule has 2 aliphatic rings. The standard InChI is InChI=1S/C20H29N3O2/c1-22(2)11-12-25-19-10-6-5-7-16(19)13-21-20(24)23-14-17-8-3-4-9-18(17)15-23/h3-7,10,17-18H,8-9,11-15H2,1-2H3,(H,21,24)/t17-,18-/m0/s1. The van der Waals surface area contributed by atoms with E-state index in [1.54, 1.807) is 0 Å². The Morgan fingerprint density at radius 3 is 2.56 bits per heavy atom. The van der Waals surface area contributed by atoms with Gasteiger partial charge in [0.05, 0.1) is 0 Å². The van der Waals surface area contributed by atoms with E-state index < -0.39 is 0 Å². The van der Waals surface area contributed by atoms with Crippen molar-refractivity contribution in [3.8, 4) is 5.75 Å². The number of urea groups is 1. The van der Waals surface area contributed by atoms with E-state index in [0.717, 1.165) is 43.8 Å². The number of nitrogens with one attached hydrogen (secondary N) is 1. The van der Waals surface area contributed by atoms with Crippen LogP contribution in [-0.4, -0.2) is 56.2 Å². The van der Waals surface area contributed by atoms with Gasteiger partial charge in [-0.2, -0.15) is 0 Å². The minimum Gasteiger partial charge on any atom is -0.492 e. The lowest BCUT2D eigenvalue weighted by Gasteiger charge is -2.18. The SMILES string of the molecule is CN(C)CCOc1ccccc1CNC(=O)N1C[C@@H]2CC=CC[C@H]2C1. The van der Waals surface area contributed by atoms with Gasteiger partial charge in [-0.05, 0) is 44.8 Å².